The van der Waals surface area contributed by atoms with Gasteiger partial charge in [0, 0.05) is 12.1 Å². The van der Waals surface area contributed by atoms with Crippen molar-refractivity contribution in [2.45, 2.75) is 32.9 Å². The highest BCUT2D eigenvalue weighted by atomic mass is 19.1. The lowest BCUT2D eigenvalue weighted by atomic mass is 10.1. The lowest BCUT2D eigenvalue weighted by Crippen LogP contribution is -2.19. The maximum atomic E-state index is 13.3. The van der Waals surface area contributed by atoms with E-state index in [-0.39, 0.29) is 5.82 Å². The third-order valence-electron chi connectivity index (χ3n) is 4.53. The molecule has 0 atom stereocenters. The van der Waals surface area contributed by atoms with Crippen molar-refractivity contribution in [3.8, 4) is 22.6 Å². The largest absolute Gasteiger partial charge is 0.384 e. The molecule has 0 aliphatic heterocycles. The summed E-state index contributed by atoms with van der Waals surface area (Å²) in [6.45, 7) is 6.14. The second kappa shape index (κ2) is 6.28. The molecule has 0 aliphatic rings. The molecule has 4 rings (SSSR count). The predicted octanol–water partition coefficient (Wildman–Crippen LogP) is 3.65. The molecule has 0 aliphatic carbocycles. The average Bonchev–Trinajstić information content (AvgIpc) is 3.25. The molecule has 1 aromatic carbocycles. The zero-order valence-corrected chi connectivity index (χ0v) is 15.4. The highest BCUT2D eigenvalue weighted by Crippen LogP contribution is 2.31. The minimum absolute atomic E-state index is 0.289. The monoisotopic (exact) mass is 365 g/mol. The van der Waals surface area contributed by atoms with Crippen LogP contribution >= 0.6 is 0 Å². The molecule has 0 saturated heterocycles. The van der Waals surface area contributed by atoms with Crippen molar-refractivity contribution in [2.24, 2.45) is 0 Å². The Morgan fingerprint density at radius 2 is 1.81 bits per heavy atom. The fourth-order valence-corrected chi connectivity index (χ4v) is 3.13. The van der Waals surface area contributed by atoms with Crippen molar-refractivity contribution in [2.75, 3.05) is 0 Å². The summed E-state index contributed by atoms with van der Waals surface area (Å²) in [5.74, 6) is -0.289. The number of aliphatic hydroxyl groups is 1. The molecule has 1 N–H and O–H groups in total. The molecule has 6 nitrogen and oxygen atoms in total. The van der Waals surface area contributed by atoms with Crippen LogP contribution in [0.25, 0.3) is 28.3 Å². The summed E-state index contributed by atoms with van der Waals surface area (Å²) in [5.41, 5.74) is 3.26. The lowest BCUT2D eigenvalue weighted by molar-refractivity contribution is 0.0718. The van der Waals surface area contributed by atoms with Gasteiger partial charge in [-0.15, -0.1) is 0 Å². The van der Waals surface area contributed by atoms with Gasteiger partial charge in [-0.1, -0.05) is 0 Å². The SMILES string of the molecule is CCn1cnc(-c2ccc(F)cc2)c1-c1ccc2ncc(C(C)(C)O)n2n1. The van der Waals surface area contributed by atoms with Gasteiger partial charge in [-0.25, -0.2) is 18.9 Å². The first-order valence-electron chi connectivity index (χ1n) is 8.77. The molecular weight excluding hydrogens is 345 g/mol. The summed E-state index contributed by atoms with van der Waals surface area (Å²) in [6, 6.07) is 10.00. The first-order chi connectivity index (χ1) is 12.9. The second-order valence-electron chi connectivity index (χ2n) is 6.93. The van der Waals surface area contributed by atoms with Crippen LogP contribution in [0, 0.1) is 5.82 Å². The number of hydrogen-bond acceptors (Lipinski definition) is 4. The quantitative estimate of drug-likeness (QED) is 0.599. The Bertz CT molecular complexity index is 1110. The molecule has 0 unspecified atom stereocenters. The number of rotatable bonds is 4. The van der Waals surface area contributed by atoms with Crippen LogP contribution < -0.4 is 0 Å². The van der Waals surface area contributed by atoms with Gasteiger partial charge in [-0.2, -0.15) is 5.10 Å². The van der Waals surface area contributed by atoms with Crippen molar-refractivity contribution in [3.63, 3.8) is 0 Å². The number of imidazole rings is 2. The summed E-state index contributed by atoms with van der Waals surface area (Å²) in [6.07, 6.45) is 3.38. The van der Waals surface area contributed by atoms with E-state index in [1.165, 1.54) is 12.1 Å². The number of hydrogen-bond donors (Lipinski definition) is 1. The maximum Gasteiger partial charge on any atom is 0.153 e. The summed E-state index contributed by atoms with van der Waals surface area (Å²) < 4.78 is 17.0. The van der Waals surface area contributed by atoms with Gasteiger partial charge in [0.15, 0.2) is 5.65 Å². The van der Waals surface area contributed by atoms with E-state index in [4.69, 9.17) is 5.10 Å². The zero-order chi connectivity index (χ0) is 19.2. The van der Waals surface area contributed by atoms with Crippen molar-refractivity contribution in [1.29, 1.82) is 0 Å². The van der Waals surface area contributed by atoms with Gasteiger partial charge in [-0.05, 0) is 57.2 Å². The lowest BCUT2D eigenvalue weighted by Gasteiger charge is -2.16. The molecule has 3 aromatic heterocycles. The Hall–Kier alpha value is -3.06. The van der Waals surface area contributed by atoms with E-state index < -0.39 is 5.60 Å². The normalized spacial score (nSPS) is 12.0. The Kier molecular flexibility index (Phi) is 4.04. The first-order valence-corrected chi connectivity index (χ1v) is 8.77. The van der Waals surface area contributed by atoms with Crippen molar-refractivity contribution >= 4 is 5.65 Å². The molecule has 0 fully saturated rings. The number of aryl methyl sites for hydroxylation is 1. The van der Waals surface area contributed by atoms with Gasteiger partial charge >= 0.3 is 0 Å². The minimum atomic E-state index is -1.07. The standard InChI is InChI=1S/C20H20FN5O/c1-4-25-12-23-18(13-5-7-14(21)8-6-13)19(25)15-9-10-17-22-11-16(20(2,3)27)26(17)24-15/h5-12,27H,4H2,1-3H3. The minimum Gasteiger partial charge on any atom is -0.384 e. The molecule has 3 heterocycles. The van der Waals surface area contributed by atoms with Crippen LogP contribution in [0.1, 0.15) is 26.5 Å². The molecule has 4 aromatic rings. The van der Waals surface area contributed by atoms with Crippen LogP contribution in [0.2, 0.25) is 0 Å². The van der Waals surface area contributed by atoms with E-state index in [0.717, 1.165) is 17.0 Å². The van der Waals surface area contributed by atoms with E-state index in [2.05, 4.69) is 9.97 Å². The van der Waals surface area contributed by atoms with Crippen molar-refractivity contribution in [1.82, 2.24) is 24.1 Å². The third-order valence-corrected chi connectivity index (χ3v) is 4.53. The number of benzene rings is 1. The Balaban J connectivity index is 1.93. The van der Waals surface area contributed by atoms with Crippen LogP contribution in [0.4, 0.5) is 4.39 Å². The van der Waals surface area contributed by atoms with Crippen LogP contribution in [-0.4, -0.2) is 29.3 Å². The molecule has 0 amide bonds. The second-order valence-corrected chi connectivity index (χ2v) is 6.93. The molecule has 0 saturated carbocycles. The smallest absolute Gasteiger partial charge is 0.153 e. The highest BCUT2D eigenvalue weighted by Gasteiger charge is 2.23. The van der Waals surface area contributed by atoms with Crippen molar-refractivity contribution < 1.29 is 9.50 Å². The third kappa shape index (κ3) is 3.00. The van der Waals surface area contributed by atoms with Gasteiger partial charge < -0.3 is 9.67 Å². The fourth-order valence-electron chi connectivity index (χ4n) is 3.13. The van der Waals surface area contributed by atoms with Crippen molar-refractivity contribution in [3.05, 3.63) is 60.4 Å². The number of fused-ring (bicyclic) bond motifs is 1. The van der Waals surface area contributed by atoms with Gasteiger partial charge in [0.25, 0.3) is 0 Å². The van der Waals surface area contributed by atoms with Crippen LogP contribution in [0.15, 0.2) is 48.9 Å². The molecular formula is C20H20FN5O. The summed E-state index contributed by atoms with van der Waals surface area (Å²) in [7, 11) is 0. The first kappa shape index (κ1) is 17.4. The molecule has 0 radical (unpaired) electrons. The van der Waals surface area contributed by atoms with E-state index in [1.807, 2.05) is 23.6 Å². The fraction of sp³-hybridized carbons (Fsp3) is 0.250. The molecule has 27 heavy (non-hydrogen) atoms. The molecule has 138 valence electrons. The summed E-state index contributed by atoms with van der Waals surface area (Å²) in [5, 5.41) is 15.1. The van der Waals surface area contributed by atoms with Crippen LogP contribution in [-0.2, 0) is 12.1 Å². The molecule has 0 bridgehead atoms. The van der Waals surface area contributed by atoms with Gasteiger partial charge in [0.05, 0.1) is 29.6 Å². The van der Waals surface area contributed by atoms with Crippen LogP contribution in [0.5, 0.6) is 0 Å². The zero-order valence-electron chi connectivity index (χ0n) is 15.4. The van der Waals surface area contributed by atoms with E-state index >= 15 is 0 Å². The topological polar surface area (TPSA) is 68.2 Å². The number of nitrogens with zero attached hydrogens (tertiary/aromatic N) is 5. The Labute approximate surface area is 155 Å². The summed E-state index contributed by atoms with van der Waals surface area (Å²) >= 11 is 0. The predicted molar refractivity (Wildman–Crippen MR) is 101 cm³/mol. The Morgan fingerprint density at radius 1 is 1.07 bits per heavy atom. The molecule has 7 heteroatoms. The summed E-state index contributed by atoms with van der Waals surface area (Å²) in [4.78, 5) is 8.85. The van der Waals surface area contributed by atoms with Crippen LogP contribution in [0.3, 0.4) is 0 Å². The Morgan fingerprint density at radius 3 is 2.48 bits per heavy atom. The number of aromatic nitrogens is 5. The van der Waals surface area contributed by atoms with Gasteiger partial charge in [0.1, 0.15) is 17.1 Å². The average molecular weight is 365 g/mol. The van der Waals surface area contributed by atoms with Gasteiger partial charge in [0.2, 0.25) is 0 Å². The van der Waals surface area contributed by atoms with E-state index in [9.17, 15) is 9.50 Å². The maximum absolute atomic E-state index is 13.3. The van der Waals surface area contributed by atoms with Gasteiger partial charge in [-0.3, -0.25) is 0 Å². The van der Waals surface area contributed by atoms with E-state index in [0.29, 0.717) is 23.6 Å². The molecule has 0 spiro atoms. The van der Waals surface area contributed by atoms with E-state index in [1.54, 1.807) is 43.0 Å². The number of halogens is 1. The highest BCUT2D eigenvalue weighted by molar-refractivity contribution is 5.77.